The third-order valence-electron chi connectivity index (χ3n) is 6.82. The van der Waals surface area contributed by atoms with E-state index >= 15 is 0 Å². The van der Waals surface area contributed by atoms with Crippen LogP contribution in [0.15, 0.2) is 42.6 Å². The number of H-pyrrole nitrogens is 1. The molecular formula is C24H24N4O4. The van der Waals surface area contributed by atoms with Crippen molar-refractivity contribution < 1.29 is 19.5 Å². The number of aromatic amines is 1. The Labute approximate surface area is 184 Å². The van der Waals surface area contributed by atoms with Crippen molar-refractivity contribution in [2.45, 2.75) is 31.6 Å². The minimum absolute atomic E-state index is 0.0463. The van der Waals surface area contributed by atoms with E-state index in [1.165, 1.54) is 0 Å². The number of piperidine rings is 1. The SMILES string of the molecule is Cc1cccc2c1C1(CCN(C(=O)c3ccc4[nH]ncc4c3)CC1)C(=O)N2CCC(=O)O. The minimum Gasteiger partial charge on any atom is -0.481 e. The molecule has 1 aromatic heterocycles. The summed E-state index contributed by atoms with van der Waals surface area (Å²) in [5, 5.41) is 16.9. The van der Waals surface area contributed by atoms with Gasteiger partial charge in [0.2, 0.25) is 5.91 Å². The van der Waals surface area contributed by atoms with Gasteiger partial charge >= 0.3 is 5.97 Å². The minimum atomic E-state index is -0.928. The van der Waals surface area contributed by atoms with Crippen molar-refractivity contribution in [2.75, 3.05) is 24.5 Å². The first kappa shape index (κ1) is 20.2. The Morgan fingerprint density at radius 2 is 1.97 bits per heavy atom. The maximum atomic E-state index is 13.6. The third-order valence-corrected chi connectivity index (χ3v) is 6.82. The average molecular weight is 432 g/mol. The van der Waals surface area contributed by atoms with Crippen LogP contribution in [0.5, 0.6) is 0 Å². The van der Waals surface area contributed by atoms with Crippen LogP contribution in [0.25, 0.3) is 10.9 Å². The lowest BCUT2D eigenvalue weighted by Crippen LogP contribution is -2.50. The largest absolute Gasteiger partial charge is 0.481 e. The van der Waals surface area contributed by atoms with E-state index in [9.17, 15) is 14.4 Å². The second kappa shape index (κ2) is 7.47. The predicted octanol–water partition coefficient (Wildman–Crippen LogP) is 2.87. The third kappa shape index (κ3) is 3.05. The maximum absolute atomic E-state index is 13.6. The van der Waals surface area contributed by atoms with E-state index in [1.54, 1.807) is 22.1 Å². The molecule has 32 heavy (non-hydrogen) atoms. The molecule has 8 nitrogen and oxygen atoms in total. The molecule has 3 heterocycles. The van der Waals surface area contributed by atoms with Gasteiger partial charge in [0.05, 0.1) is 23.5 Å². The Balaban J connectivity index is 1.40. The first-order valence-electron chi connectivity index (χ1n) is 10.8. The summed E-state index contributed by atoms with van der Waals surface area (Å²) in [6, 6.07) is 11.3. The highest BCUT2D eigenvalue weighted by molar-refractivity contribution is 6.09. The molecule has 2 aliphatic heterocycles. The predicted molar refractivity (Wildman–Crippen MR) is 119 cm³/mol. The summed E-state index contributed by atoms with van der Waals surface area (Å²) in [6.45, 7) is 3.08. The van der Waals surface area contributed by atoms with E-state index < -0.39 is 11.4 Å². The fourth-order valence-electron chi connectivity index (χ4n) is 5.22. The molecule has 8 heteroatoms. The van der Waals surface area contributed by atoms with Crippen molar-refractivity contribution in [1.82, 2.24) is 15.1 Å². The first-order chi connectivity index (χ1) is 15.4. The van der Waals surface area contributed by atoms with Gasteiger partial charge in [-0.15, -0.1) is 0 Å². The molecule has 0 unspecified atom stereocenters. The number of likely N-dealkylation sites (tertiary alicyclic amines) is 1. The van der Waals surface area contributed by atoms with Crippen molar-refractivity contribution >= 4 is 34.4 Å². The van der Waals surface area contributed by atoms with Gasteiger partial charge in [0.25, 0.3) is 5.91 Å². The van der Waals surface area contributed by atoms with Crippen LogP contribution in [0.1, 0.15) is 40.7 Å². The van der Waals surface area contributed by atoms with Crippen LogP contribution in [-0.2, 0) is 15.0 Å². The fourth-order valence-corrected chi connectivity index (χ4v) is 5.22. The number of aryl methyl sites for hydroxylation is 1. The van der Waals surface area contributed by atoms with Crippen LogP contribution in [0.2, 0.25) is 0 Å². The van der Waals surface area contributed by atoms with Gasteiger partial charge < -0.3 is 14.9 Å². The van der Waals surface area contributed by atoms with Crippen LogP contribution >= 0.6 is 0 Å². The number of aliphatic carboxylic acids is 1. The molecular weight excluding hydrogens is 408 g/mol. The van der Waals surface area contributed by atoms with Gasteiger partial charge in [0, 0.05) is 36.3 Å². The number of benzene rings is 2. The number of nitrogens with zero attached hydrogens (tertiary/aromatic N) is 3. The van der Waals surface area contributed by atoms with Crippen molar-refractivity contribution in [3.05, 3.63) is 59.3 Å². The molecule has 0 bridgehead atoms. The van der Waals surface area contributed by atoms with Crippen LogP contribution in [0.4, 0.5) is 5.69 Å². The number of carboxylic acid groups (broad SMARTS) is 1. The highest BCUT2D eigenvalue weighted by atomic mass is 16.4. The molecule has 0 radical (unpaired) electrons. The van der Waals surface area contributed by atoms with E-state index in [2.05, 4.69) is 10.2 Å². The van der Waals surface area contributed by atoms with Crippen molar-refractivity contribution in [3.63, 3.8) is 0 Å². The summed E-state index contributed by atoms with van der Waals surface area (Å²) < 4.78 is 0. The molecule has 2 aromatic carbocycles. The van der Waals surface area contributed by atoms with Gasteiger partial charge in [-0.25, -0.2) is 0 Å². The average Bonchev–Trinajstić information content (AvgIpc) is 3.34. The normalized spacial score (nSPS) is 17.2. The van der Waals surface area contributed by atoms with Gasteiger partial charge in [0.1, 0.15) is 0 Å². The van der Waals surface area contributed by atoms with Crippen LogP contribution in [-0.4, -0.2) is 57.6 Å². The number of carboxylic acids is 1. The lowest BCUT2D eigenvalue weighted by molar-refractivity contribution is -0.136. The van der Waals surface area contributed by atoms with Crippen molar-refractivity contribution in [2.24, 2.45) is 0 Å². The van der Waals surface area contributed by atoms with E-state index in [1.807, 2.05) is 37.3 Å². The Morgan fingerprint density at radius 3 is 2.72 bits per heavy atom. The molecule has 0 atom stereocenters. The molecule has 2 amide bonds. The second-order valence-corrected chi connectivity index (χ2v) is 8.62. The van der Waals surface area contributed by atoms with Gasteiger partial charge in [-0.2, -0.15) is 5.10 Å². The highest BCUT2D eigenvalue weighted by Crippen LogP contribution is 2.49. The number of hydrogen-bond donors (Lipinski definition) is 2. The number of anilines is 1. The molecule has 1 fully saturated rings. The topological polar surface area (TPSA) is 107 Å². The van der Waals surface area contributed by atoms with Crippen molar-refractivity contribution in [1.29, 1.82) is 0 Å². The lowest BCUT2D eigenvalue weighted by Gasteiger charge is -2.39. The zero-order valence-electron chi connectivity index (χ0n) is 17.8. The van der Waals surface area contributed by atoms with Crippen molar-refractivity contribution in [3.8, 4) is 0 Å². The van der Waals surface area contributed by atoms with Gasteiger partial charge in [-0.3, -0.25) is 19.5 Å². The summed E-state index contributed by atoms with van der Waals surface area (Å²) in [6.07, 6.45) is 2.64. The Morgan fingerprint density at radius 1 is 1.19 bits per heavy atom. The molecule has 2 N–H and O–H groups in total. The number of rotatable bonds is 4. The molecule has 1 saturated heterocycles. The van der Waals surface area contributed by atoms with Gasteiger partial charge in [-0.05, 0) is 55.2 Å². The molecule has 164 valence electrons. The second-order valence-electron chi connectivity index (χ2n) is 8.62. The molecule has 1 spiro atoms. The van der Waals surface area contributed by atoms with Gasteiger partial charge in [-0.1, -0.05) is 12.1 Å². The number of nitrogens with one attached hydrogen (secondary N) is 1. The Kier molecular flexibility index (Phi) is 4.73. The molecule has 0 aliphatic carbocycles. The van der Waals surface area contributed by atoms with E-state index in [0.29, 0.717) is 31.5 Å². The number of carbonyl (C=O) groups excluding carboxylic acids is 2. The number of amides is 2. The Hall–Kier alpha value is -3.68. The summed E-state index contributed by atoms with van der Waals surface area (Å²) in [5.74, 6) is -1.03. The lowest BCUT2D eigenvalue weighted by atomic mass is 9.72. The van der Waals surface area contributed by atoms with Gasteiger partial charge in [0.15, 0.2) is 0 Å². The molecule has 3 aromatic rings. The zero-order chi connectivity index (χ0) is 22.5. The maximum Gasteiger partial charge on any atom is 0.305 e. The molecule has 2 aliphatic rings. The fraction of sp³-hybridized carbons (Fsp3) is 0.333. The van der Waals surface area contributed by atoms with Crippen LogP contribution < -0.4 is 4.90 Å². The van der Waals surface area contributed by atoms with E-state index in [4.69, 9.17) is 5.11 Å². The smallest absolute Gasteiger partial charge is 0.305 e. The number of carbonyl (C=O) groups is 3. The van der Waals surface area contributed by atoms with E-state index in [-0.39, 0.29) is 24.8 Å². The van der Waals surface area contributed by atoms with E-state index in [0.717, 1.165) is 27.7 Å². The molecule has 0 saturated carbocycles. The monoisotopic (exact) mass is 432 g/mol. The summed E-state index contributed by atoms with van der Waals surface area (Å²) in [7, 11) is 0. The molecule has 5 rings (SSSR count). The van der Waals surface area contributed by atoms with Crippen LogP contribution in [0, 0.1) is 6.92 Å². The quantitative estimate of drug-likeness (QED) is 0.659. The summed E-state index contributed by atoms with van der Waals surface area (Å²) in [5.41, 5.74) is 3.60. The number of aromatic nitrogens is 2. The number of fused-ring (bicyclic) bond motifs is 3. The first-order valence-corrected chi connectivity index (χ1v) is 10.8. The zero-order valence-corrected chi connectivity index (χ0v) is 17.8. The standard InChI is InChI=1S/C24H24N4O4/c1-15-3-2-4-19-21(15)24(23(32)28(19)10-7-20(29)30)8-11-27(12-9-24)22(31)16-5-6-18-17(13-16)14-25-26-18/h2-6,13-14H,7-12H2,1H3,(H,25,26)(H,29,30). The highest BCUT2D eigenvalue weighted by Gasteiger charge is 2.53. The Bertz CT molecular complexity index is 1240. The van der Waals surface area contributed by atoms with Crippen LogP contribution in [0.3, 0.4) is 0 Å². The summed E-state index contributed by atoms with van der Waals surface area (Å²) in [4.78, 5) is 41.3. The summed E-state index contributed by atoms with van der Waals surface area (Å²) >= 11 is 0. The number of hydrogen-bond acceptors (Lipinski definition) is 4.